The Kier molecular flexibility index (Phi) is 9.89. The van der Waals surface area contributed by atoms with Crippen molar-refractivity contribution in [3.05, 3.63) is 267 Å². The standard InChI is InChI=1S/C64H44N2/c1-4-21-45(22-5-1)51-30-12-14-32-54(51)57-41-39-49(43-61(57)56-33-15-13-31-53(56)46-23-6-2-7-24-46)65(48-27-8-3-9-28-48)50-40-42-60-59-35-17-19-38-63(59)66(64(60)44-50)62-37-18-16-34-58(62)55-36-20-26-47-25-10-11-29-52(47)55/h1-44H. The second kappa shape index (κ2) is 16.8. The average Bonchev–Trinajstić information content (AvgIpc) is 3.73. The van der Waals surface area contributed by atoms with E-state index >= 15 is 0 Å². The molecule has 0 unspecified atom stereocenters. The Hall–Kier alpha value is -8.72. The molecule has 1 aromatic heterocycles. The maximum atomic E-state index is 2.47. The summed E-state index contributed by atoms with van der Waals surface area (Å²) >= 11 is 0. The van der Waals surface area contributed by atoms with E-state index in [4.69, 9.17) is 0 Å². The molecule has 66 heavy (non-hydrogen) atoms. The topological polar surface area (TPSA) is 8.17 Å². The van der Waals surface area contributed by atoms with Crippen molar-refractivity contribution in [1.29, 1.82) is 0 Å². The average molecular weight is 841 g/mol. The van der Waals surface area contributed by atoms with Crippen LogP contribution in [0.15, 0.2) is 267 Å². The van der Waals surface area contributed by atoms with Gasteiger partial charge in [0.05, 0.1) is 16.7 Å². The van der Waals surface area contributed by atoms with E-state index in [2.05, 4.69) is 276 Å². The summed E-state index contributed by atoms with van der Waals surface area (Å²) in [6.07, 6.45) is 0. The lowest BCUT2D eigenvalue weighted by atomic mass is 9.86. The van der Waals surface area contributed by atoms with Crippen molar-refractivity contribution >= 4 is 49.6 Å². The number of benzene rings is 11. The maximum absolute atomic E-state index is 2.47. The van der Waals surface area contributed by atoms with Gasteiger partial charge in [-0.3, -0.25) is 0 Å². The van der Waals surface area contributed by atoms with Crippen molar-refractivity contribution in [3.8, 4) is 61.3 Å². The van der Waals surface area contributed by atoms with E-state index in [1.807, 2.05) is 0 Å². The third kappa shape index (κ3) is 6.84. The molecule has 0 amide bonds. The van der Waals surface area contributed by atoms with E-state index in [-0.39, 0.29) is 0 Å². The first-order valence-corrected chi connectivity index (χ1v) is 22.7. The van der Waals surface area contributed by atoms with Crippen LogP contribution in [-0.2, 0) is 0 Å². The molecule has 0 aliphatic rings. The van der Waals surface area contributed by atoms with Gasteiger partial charge >= 0.3 is 0 Å². The Bertz CT molecular complexity index is 3690. The normalized spacial score (nSPS) is 11.3. The van der Waals surface area contributed by atoms with Crippen molar-refractivity contribution in [2.45, 2.75) is 0 Å². The van der Waals surface area contributed by atoms with Crippen molar-refractivity contribution in [2.75, 3.05) is 4.90 Å². The molecule has 0 fully saturated rings. The summed E-state index contributed by atoms with van der Waals surface area (Å²) in [4.78, 5) is 2.42. The first-order chi connectivity index (χ1) is 32.8. The van der Waals surface area contributed by atoms with Crippen LogP contribution in [0.25, 0.3) is 93.9 Å². The van der Waals surface area contributed by atoms with Crippen LogP contribution >= 0.6 is 0 Å². The van der Waals surface area contributed by atoms with Crippen molar-refractivity contribution < 1.29 is 0 Å². The highest BCUT2D eigenvalue weighted by atomic mass is 15.1. The molecule has 310 valence electrons. The molecule has 2 heteroatoms. The molecule has 12 aromatic rings. The number of hydrogen-bond donors (Lipinski definition) is 0. The summed E-state index contributed by atoms with van der Waals surface area (Å²) in [5, 5.41) is 4.90. The van der Waals surface area contributed by atoms with Crippen LogP contribution in [-0.4, -0.2) is 4.57 Å². The third-order valence-corrected chi connectivity index (χ3v) is 13.0. The summed E-state index contributed by atoms with van der Waals surface area (Å²) in [5.41, 5.74) is 18.6. The molecular formula is C64H44N2. The largest absolute Gasteiger partial charge is 0.310 e. The van der Waals surface area contributed by atoms with Crippen molar-refractivity contribution in [2.24, 2.45) is 0 Å². The highest BCUT2D eigenvalue weighted by Gasteiger charge is 2.22. The van der Waals surface area contributed by atoms with Gasteiger partial charge in [-0.05, 0) is 109 Å². The monoisotopic (exact) mass is 840 g/mol. The zero-order chi connectivity index (χ0) is 43.8. The van der Waals surface area contributed by atoms with Gasteiger partial charge in [-0.25, -0.2) is 0 Å². The van der Waals surface area contributed by atoms with Crippen LogP contribution in [0.2, 0.25) is 0 Å². The van der Waals surface area contributed by atoms with E-state index in [0.717, 1.165) is 33.8 Å². The minimum Gasteiger partial charge on any atom is -0.310 e. The van der Waals surface area contributed by atoms with Crippen LogP contribution < -0.4 is 4.90 Å². The molecule has 1 heterocycles. The van der Waals surface area contributed by atoms with Crippen LogP contribution in [0.5, 0.6) is 0 Å². The van der Waals surface area contributed by atoms with Gasteiger partial charge in [-0.15, -0.1) is 0 Å². The fourth-order valence-corrected chi connectivity index (χ4v) is 10.0. The molecule has 0 saturated heterocycles. The quantitative estimate of drug-likeness (QED) is 0.141. The molecule has 0 saturated carbocycles. The SMILES string of the molecule is c1ccc(-c2ccccc2-c2ccc(N(c3ccccc3)c3ccc4c5ccccc5n(-c5ccccc5-c5cccc6ccccc56)c4c3)cc2-c2ccccc2-c2ccccc2)cc1. The molecule has 0 aliphatic carbocycles. The lowest BCUT2D eigenvalue weighted by Crippen LogP contribution is -2.10. The second-order valence-corrected chi connectivity index (χ2v) is 16.8. The van der Waals surface area contributed by atoms with Crippen LogP contribution in [0, 0.1) is 0 Å². The molecule has 0 aliphatic heterocycles. The van der Waals surface area contributed by atoms with Gasteiger partial charge < -0.3 is 9.47 Å². The first-order valence-electron chi connectivity index (χ1n) is 22.7. The number of para-hydroxylation sites is 3. The molecule has 11 aromatic carbocycles. The number of aromatic nitrogens is 1. The molecule has 0 radical (unpaired) electrons. The molecule has 12 rings (SSSR count). The van der Waals surface area contributed by atoms with Crippen LogP contribution in [0.3, 0.4) is 0 Å². The number of nitrogens with zero attached hydrogens (tertiary/aromatic N) is 2. The zero-order valence-corrected chi connectivity index (χ0v) is 36.3. The lowest BCUT2D eigenvalue weighted by Gasteiger charge is -2.27. The second-order valence-electron chi connectivity index (χ2n) is 16.8. The Balaban J connectivity index is 1.10. The Morgan fingerprint density at radius 1 is 0.242 bits per heavy atom. The first kappa shape index (κ1) is 38.9. The predicted molar refractivity (Wildman–Crippen MR) is 280 cm³/mol. The van der Waals surface area contributed by atoms with Gasteiger partial charge in [0.15, 0.2) is 0 Å². The highest BCUT2D eigenvalue weighted by Crippen LogP contribution is 2.47. The number of hydrogen-bond acceptors (Lipinski definition) is 1. The van der Waals surface area contributed by atoms with E-state index in [0.29, 0.717) is 0 Å². The molecular weight excluding hydrogens is 797 g/mol. The highest BCUT2D eigenvalue weighted by molar-refractivity contribution is 6.11. The summed E-state index contributed by atoms with van der Waals surface area (Å²) in [7, 11) is 0. The summed E-state index contributed by atoms with van der Waals surface area (Å²) < 4.78 is 2.47. The van der Waals surface area contributed by atoms with Gasteiger partial charge in [0, 0.05) is 33.4 Å². The fraction of sp³-hybridized carbons (Fsp3) is 0. The Labute approximate surface area is 385 Å². The van der Waals surface area contributed by atoms with Gasteiger partial charge in [-0.1, -0.05) is 218 Å². The summed E-state index contributed by atoms with van der Waals surface area (Å²) in [5.74, 6) is 0. The number of rotatable bonds is 9. The third-order valence-electron chi connectivity index (χ3n) is 13.0. The lowest BCUT2D eigenvalue weighted by molar-refractivity contribution is 1.18. The minimum atomic E-state index is 1.07. The molecule has 0 spiro atoms. The summed E-state index contributed by atoms with van der Waals surface area (Å²) in [6.45, 7) is 0. The van der Waals surface area contributed by atoms with Gasteiger partial charge in [0.2, 0.25) is 0 Å². The predicted octanol–water partition coefficient (Wildman–Crippen LogP) is 17.7. The van der Waals surface area contributed by atoms with Gasteiger partial charge in [0.25, 0.3) is 0 Å². The molecule has 0 bridgehead atoms. The maximum Gasteiger partial charge on any atom is 0.0562 e. The van der Waals surface area contributed by atoms with Gasteiger partial charge in [0.1, 0.15) is 0 Å². The van der Waals surface area contributed by atoms with E-state index < -0.39 is 0 Å². The minimum absolute atomic E-state index is 1.07. The molecule has 2 nitrogen and oxygen atoms in total. The smallest absolute Gasteiger partial charge is 0.0562 e. The number of anilines is 3. The van der Waals surface area contributed by atoms with Crippen molar-refractivity contribution in [3.63, 3.8) is 0 Å². The number of fused-ring (bicyclic) bond motifs is 4. The van der Waals surface area contributed by atoms with Crippen molar-refractivity contribution in [1.82, 2.24) is 4.57 Å². The van der Waals surface area contributed by atoms with E-state index in [9.17, 15) is 0 Å². The van der Waals surface area contributed by atoms with E-state index in [1.165, 1.54) is 77.1 Å². The molecule has 0 atom stereocenters. The molecule has 0 N–H and O–H groups in total. The Morgan fingerprint density at radius 2 is 0.712 bits per heavy atom. The van der Waals surface area contributed by atoms with E-state index in [1.54, 1.807) is 0 Å². The zero-order valence-electron chi connectivity index (χ0n) is 36.3. The summed E-state index contributed by atoms with van der Waals surface area (Å²) in [6, 6.07) is 97.0. The van der Waals surface area contributed by atoms with Crippen LogP contribution in [0.1, 0.15) is 0 Å². The van der Waals surface area contributed by atoms with Crippen LogP contribution in [0.4, 0.5) is 17.1 Å². The van der Waals surface area contributed by atoms with Gasteiger partial charge in [-0.2, -0.15) is 0 Å². The fourth-order valence-electron chi connectivity index (χ4n) is 10.0. The Morgan fingerprint density at radius 3 is 1.42 bits per heavy atom.